The van der Waals surface area contributed by atoms with Crippen molar-refractivity contribution in [2.45, 2.75) is 70.8 Å². The molecule has 2 aliphatic rings. The number of thiophene rings is 1. The summed E-state index contributed by atoms with van der Waals surface area (Å²) in [6.07, 6.45) is 10.6. The van der Waals surface area contributed by atoms with Crippen molar-refractivity contribution in [3.63, 3.8) is 0 Å². The molecule has 3 N–H and O–H groups in total. The number of nitrogen functional groups attached to an aromatic ring is 1. The molecule has 1 aromatic rings. The average molecular weight is 306 g/mol. The Morgan fingerprint density at radius 3 is 2.76 bits per heavy atom. The molecule has 1 atom stereocenters. The van der Waals surface area contributed by atoms with E-state index in [1.807, 2.05) is 0 Å². The molecular formula is C17H26N2OS. The zero-order valence-electron chi connectivity index (χ0n) is 12.9. The summed E-state index contributed by atoms with van der Waals surface area (Å²) in [6, 6.07) is 0.355. The van der Waals surface area contributed by atoms with Gasteiger partial charge in [-0.2, -0.15) is 0 Å². The third-order valence-corrected chi connectivity index (χ3v) is 6.22. The number of nitrogens with two attached hydrogens (primary N) is 1. The van der Waals surface area contributed by atoms with E-state index in [1.54, 1.807) is 11.3 Å². The van der Waals surface area contributed by atoms with Crippen molar-refractivity contribution in [2.75, 3.05) is 5.73 Å². The van der Waals surface area contributed by atoms with Gasteiger partial charge in [-0.05, 0) is 43.6 Å². The van der Waals surface area contributed by atoms with E-state index in [0.29, 0.717) is 6.04 Å². The molecule has 4 heteroatoms. The highest BCUT2D eigenvalue weighted by molar-refractivity contribution is 7.16. The van der Waals surface area contributed by atoms with Crippen LogP contribution in [0.2, 0.25) is 0 Å². The fraction of sp³-hybridized carbons (Fsp3) is 0.706. The van der Waals surface area contributed by atoms with Crippen LogP contribution in [0.3, 0.4) is 0 Å². The second kappa shape index (κ2) is 6.39. The van der Waals surface area contributed by atoms with Crippen LogP contribution in [0.15, 0.2) is 0 Å². The lowest BCUT2D eigenvalue weighted by atomic mass is 9.85. The molecule has 21 heavy (non-hydrogen) atoms. The van der Waals surface area contributed by atoms with E-state index in [-0.39, 0.29) is 5.91 Å². The Bertz CT molecular complexity index is 517. The van der Waals surface area contributed by atoms with E-state index in [2.05, 4.69) is 12.2 Å². The Kier molecular flexibility index (Phi) is 4.53. The van der Waals surface area contributed by atoms with Crippen LogP contribution < -0.4 is 11.1 Å². The molecule has 1 heterocycles. The summed E-state index contributed by atoms with van der Waals surface area (Å²) >= 11 is 1.64. The predicted octanol–water partition coefficient (Wildman–Crippen LogP) is 3.91. The maximum absolute atomic E-state index is 12.6. The molecular weight excluding hydrogens is 280 g/mol. The summed E-state index contributed by atoms with van der Waals surface area (Å²) in [6.45, 7) is 2.25. The SMILES string of the molecule is CC[C@@H]1CCc2c(sc(N)c2C(=O)NC2CCCCC2)C1. The van der Waals surface area contributed by atoms with Gasteiger partial charge in [0.1, 0.15) is 0 Å². The van der Waals surface area contributed by atoms with Gasteiger partial charge in [0.2, 0.25) is 0 Å². The highest BCUT2D eigenvalue weighted by Gasteiger charge is 2.28. The Morgan fingerprint density at radius 1 is 1.29 bits per heavy atom. The average Bonchev–Trinajstić information content (AvgIpc) is 2.83. The first-order chi connectivity index (χ1) is 10.2. The third kappa shape index (κ3) is 3.10. The molecule has 1 fully saturated rings. The van der Waals surface area contributed by atoms with Gasteiger partial charge in [0, 0.05) is 10.9 Å². The van der Waals surface area contributed by atoms with Crippen molar-refractivity contribution in [1.82, 2.24) is 5.32 Å². The van der Waals surface area contributed by atoms with E-state index < -0.39 is 0 Å². The molecule has 0 saturated heterocycles. The summed E-state index contributed by atoms with van der Waals surface area (Å²) in [4.78, 5) is 14.0. The molecule has 2 aliphatic carbocycles. The lowest BCUT2D eigenvalue weighted by Crippen LogP contribution is -2.36. The molecule has 0 unspecified atom stereocenters. The molecule has 0 radical (unpaired) electrons. The lowest BCUT2D eigenvalue weighted by molar-refractivity contribution is 0.0927. The largest absolute Gasteiger partial charge is 0.390 e. The summed E-state index contributed by atoms with van der Waals surface area (Å²) in [5, 5.41) is 3.95. The van der Waals surface area contributed by atoms with Gasteiger partial charge in [-0.1, -0.05) is 32.6 Å². The fourth-order valence-corrected chi connectivity index (χ4v) is 5.01. The van der Waals surface area contributed by atoms with Gasteiger partial charge in [-0.15, -0.1) is 11.3 Å². The number of anilines is 1. The zero-order chi connectivity index (χ0) is 14.8. The van der Waals surface area contributed by atoms with Crippen molar-refractivity contribution in [3.05, 3.63) is 16.0 Å². The van der Waals surface area contributed by atoms with E-state index >= 15 is 0 Å². The van der Waals surface area contributed by atoms with Crippen LogP contribution in [0.5, 0.6) is 0 Å². The van der Waals surface area contributed by atoms with Crippen LogP contribution in [-0.2, 0) is 12.8 Å². The van der Waals surface area contributed by atoms with Crippen LogP contribution in [0.1, 0.15) is 72.7 Å². The molecule has 0 bridgehead atoms. The summed E-state index contributed by atoms with van der Waals surface area (Å²) in [7, 11) is 0. The Hall–Kier alpha value is -1.03. The van der Waals surface area contributed by atoms with Crippen LogP contribution in [0.4, 0.5) is 5.00 Å². The van der Waals surface area contributed by atoms with Gasteiger partial charge >= 0.3 is 0 Å². The van der Waals surface area contributed by atoms with Gasteiger partial charge in [0.25, 0.3) is 5.91 Å². The zero-order valence-corrected chi connectivity index (χ0v) is 13.7. The van der Waals surface area contributed by atoms with Gasteiger partial charge in [0.15, 0.2) is 0 Å². The maximum atomic E-state index is 12.6. The molecule has 1 aromatic heterocycles. The number of carbonyl (C=O) groups is 1. The highest BCUT2D eigenvalue weighted by atomic mass is 32.1. The first kappa shape index (κ1) is 14.9. The summed E-state index contributed by atoms with van der Waals surface area (Å²) < 4.78 is 0. The maximum Gasteiger partial charge on any atom is 0.254 e. The Labute approximate surface area is 131 Å². The molecule has 1 saturated carbocycles. The van der Waals surface area contributed by atoms with E-state index in [4.69, 9.17) is 5.73 Å². The quantitative estimate of drug-likeness (QED) is 0.889. The number of carbonyl (C=O) groups excluding carboxylic acids is 1. The first-order valence-electron chi connectivity index (χ1n) is 8.40. The van der Waals surface area contributed by atoms with E-state index in [1.165, 1.54) is 42.5 Å². The standard InChI is InChI=1S/C17H26N2OS/c1-2-11-8-9-13-14(10-11)21-16(18)15(13)17(20)19-12-6-4-3-5-7-12/h11-12H,2-10,18H2,1H3,(H,19,20)/t11-/m1/s1. The van der Waals surface area contributed by atoms with Crippen molar-refractivity contribution in [2.24, 2.45) is 5.92 Å². The number of nitrogens with one attached hydrogen (secondary N) is 1. The molecule has 0 aliphatic heterocycles. The second-order valence-electron chi connectivity index (χ2n) is 6.57. The molecule has 1 amide bonds. The van der Waals surface area contributed by atoms with Crippen molar-refractivity contribution in [1.29, 1.82) is 0 Å². The van der Waals surface area contributed by atoms with Crippen LogP contribution in [-0.4, -0.2) is 11.9 Å². The van der Waals surface area contributed by atoms with E-state index in [9.17, 15) is 4.79 Å². The number of hydrogen-bond acceptors (Lipinski definition) is 3. The minimum absolute atomic E-state index is 0.0758. The van der Waals surface area contributed by atoms with Gasteiger partial charge < -0.3 is 11.1 Å². The van der Waals surface area contributed by atoms with Crippen molar-refractivity contribution in [3.8, 4) is 0 Å². The second-order valence-corrected chi connectivity index (χ2v) is 7.71. The van der Waals surface area contributed by atoms with Crippen molar-refractivity contribution < 1.29 is 4.79 Å². The Balaban J connectivity index is 1.76. The molecule has 3 rings (SSSR count). The van der Waals surface area contributed by atoms with Gasteiger partial charge in [0.05, 0.1) is 10.6 Å². The monoisotopic (exact) mass is 306 g/mol. The number of rotatable bonds is 3. The number of hydrogen-bond donors (Lipinski definition) is 2. The molecule has 116 valence electrons. The smallest absolute Gasteiger partial charge is 0.254 e. The van der Waals surface area contributed by atoms with Crippen LogP contribution >= 0.6 is 11.3 Å². The van der Waals surface area contributed by atoms with Crippen LogP contribution in [0.25, 0.3) is 0 Å². The number of amides is 1. The number of fused-ring (bicyclic) bond motifs is 1. The third-order valence-electron chi connectivity index (χ3n) is 5.14. The summed E-state index contributed by atoms with van der Waals surface area (Å²) in [5.41, 5.74) is 8.22. The summed E-state index contributed by atoms with van der Waals surface area (Å²) in [5.74, 6) is 0.844. The minimum atomic E-state index is 0.0758. The Morgan fingerprint density at radius 2 is 2.05 bits per heavy atom. The minimum Gasteiger partial charge on any atom is -0.390 e. The fourth-order valence-electron chi connectivity index (χ4n) is 3.78. The van der Waals surface area contributed by atoms with Gasteiger partial charge in [-0.25, -0.2) is 0 Å². The molecule has 3 nitrogen and oxygen atoms in total. The van der Waals surface area contributed by atoms with Gasteiger partial charge in [-0.3, -0.25) is 4.79 Å². The predicted molar refractivity (Wildman–Crippen MR) is 88.9 cm³/mol. The van der Waals surface area contributed by atoms with E-state index in [0.717, 1.165) is 42.2 Å². The highest BCUT2D eigenvalue weighted by Crippen LogP contribution is 2.39. The topological polar surface area (TPSA) is 55.1 Å². The van der Waals surface area contributed by atoms with Crippen molar-refractivity contribution >= 4 is 22.2 Å². The first-order valence-corrected chi connectivity index (χ1v) is 9.21. The molecule has 0 aromatic carbocycles. The lowest BCUT2D eigenvalue weighted by Gasteiger charge is -2.24. The normalized spacial score (nSPS) is 22.8. The van der Waals surface area contributed by atoms with Crippen LogP contribution in [0, 0.1) is 5.92 Å². The molecule has 0 spiro atoms.